The molecule has 2 aromatic rings. The van der Waals surface area contributed by atoms with Gasteiger partial charge in [-0.3, -0.25) is 14.3 Å². The van der Waals surface area contributed by atoms with Gasteiger partial charge in [0.05, 0.1) is 11.7 Å². The molecule has 124 valence electrons. The molecule has 0 radical (unpaired) electrons. The normalized spacial score (nSPS) is 12.3. The van der Waals surface area contributed by atoms with Crippen LogP contribution in [0, 0.1) is 27.7 Å². The van der Waals surface area contributed by atoms with Gasteiger partial charge in [-0.1, -0.05) is 0 Å². The van der Waals surface area contributed by atoms with E-state index in [0.717, 1.165) is 17.1 Å². The molecule has 1 atom stereocenters. The molecule has 6 heteroatoms. The monoisotopic (exact) mass is 316 g/mol. The molecule has 2 rings (SSSR count). The molecular formula is C17H24N4O2. The van der Waals surface area contributed by atoms with E-state index in [-0.39, 0.29) is 23.1 Å². The van der Waals surface area contributed by atoms with Gasteiger partial charge in [-0.25, -0.2) is 0 Å². The van der Waals surface area contributed by atoms with Gasteiger partial charge in [0, 0.05) is 25.0 Å². The zero-order valence-corrected chi connectivity index (χ0v) is 14.6. The molecule has 6 nitrogen and oxygen atoms in total. The molecule has 0 spiro atoms. The van der Waals surface area contributed by atoms with Gasteiger partial charge in [0.25, 0.3) is 11.5 Å². The Bertz CT molecular complexity index is 802. The molecule has 0 saturated carbocycles. The van der Waals surface area contributed by atoms with E-state index >= 15 is 0 Å². The van der Waals surface area contributed by atoms with Crippen LogP contribution in [-0.4, -0.2) is 26.8 Å². The van der Waals surface area contributed by atoms with Crippen molar-refractivity contribution in [3.05, 3.63) is 50.7 Å². The summed E-state index contributed by atoms with van der Waals surface area (Å²) in [4.78, 5) is 24.7. The summed E-state index contributed by atoms with van der Waals surface area (Å²) in [5, 5.41) is 7.27. The maximum Gasteiger partial charge on any atom is 0.263 e. The Morgan fingerprint density at radius 2 is 1.87 bits per heavy atom. The number of pyridine rings is 1. The van der Waals surface area contributed by atoms with Crippen LogP contribution in [0.4, 0.5) is 0 Å². The maximum atomic E-state index is 12.4. The zero-order chi connectivity index (χ0) is 17.3. The second kappa shape index (κ2) is 6.40. The lowest BCUT2D eigenvalue weighted by Gasteiger charge is -2.16. The van der Waals surface area contributed by atoms with Gasteiger partial charge in [-0.05, 0) is 52.3 Å². The number of nitrogens with one attached hydrogen (secondary N) is 1. The molecule has 0 aromatic carbocycles. The van der Waals surface area contributed by atoms with Crippen LogP contribution in [0.25, 0.3) is 0 Å². The Labute approximate surface area is 136 Å². The smallest absolute Gasteiger partial charge is 0.263 e. The van der Waals surface area contributed by atoms with Crippen molar-refractivity contribution in [1.82, 2.24) is 19.7 Å². The third kappa shape index (κ3) is 3.36. The van der Waals surface area contributed by atoms with Crippen molar-refractivity contribution in [2.24, 2.45) is 7.05 Å². The fraction of sp³-hybridized carbons (Fsp3) is 0.471. The number of aryl methyl sites for hydroxylation is 4. The Balaban J connectivity index is 2.16. The number of carbonyl (C=O) groups excluding carboxylic acids is 1. The minimum Gasteiger partial charge on any atom is -0.350 e. The van der Waals surface area contributed by atoms with Crippen molar-refractivity contribution in [2.75, 3.05) is 6.54 Å². The Hall–Kier alpha value is -2.37. The largest absolute Gasteiger partial charge is 0.350 e. The van der Waals surface area contributed by atoms with Crippen molar-refractivity contribution in [2.45, 2.75) is 40.7 Å². The fourth-order valence-corrected chi connectivity index (χ4v) is 2.76. The standard InChI is InChI=1S/C17H24N4O2/c1-10-7-12(3)20(6)17(23)15(10)16(22)18-9-14(5)21-13(4)8-11(2)19-21/h7-8,14H,9H2,1-6H3,(H,18,22)/t14-/m1/s1. The summed E-state index contributed by atoms with van der Waals surface area (Å²) < 4.78 is 3.38. The summed E-state index contributed by atoms with van der Waals surface area (Å²) in [5.41, 5.74) is 3.47. The van der Waals surface area contributed by atoms with E-state index in [2.05, 4.69) is 10.4 Å². The van der Waals surface area contributed by atoms with Crippen molar-refractivity contribution in [1.29, 1.82) is 0 Å². The molecule has 0 aliphatic carbocycles. The van der Waals surface area contributed by atoms with Crippen LogP contribution in [0.2, 0.25) is 0 Å². The summed E-state index contributed by atoms with van der Waals surface area (Å²) in [5.74, 6) is -0.337. The molecule has 0 aliphatic rings. The van der Waals surface area contributed by atoms with Crippen LogP contribution >= 0.6 is 0 Å². The molecule has 1 N–H and O–H groups in total. The van der Waals surface area contributed by atoms with Crippen LogP contribution in [0.1, 0.15) is 46.0 Å². The predicted molar refractivity (Wildman–Crippen MR) is 89.9 cm³/mol. The first-order valence-corrected chi connectivity index (χ1v) is 7.70. The summed E-state index contributed by atoms with van der Waals surface area (Å²) in [7, 11) is 1.67. The summed E-state index contributed by atoms with van der Waals surface area (Å²) in [6, 6.07) is 3.86. The van der Waals surface area contributed by atoms with Crippen molar-refractivity contribution >= 4 is 5.91 Å². The number of hydrogen-bond donors (Lipinski definition) is 1. The van der Waals surface area contributed by atoms with Gasteiger partial charge in [0.2, 0.25) is 0 Å². The number of amides is 1. The van der Waals surface area contributed by atoms with E-state index in [1.807, 2.05) is 44.5 Å². The molecule has 2 heterocycles. The highest BCUT2D eigenvalue weighted by Gasteiger charge is 2.17. The zero-order valence-electron chi connectivity index (χ0n) is 14.6. The van der Waals surface area contributed by atoms with Crippen LogP contribution in [-0.2, 0) is 7.05 Å². The molecule has 0 bridgehead atoms. The van der Waals surface area contributed by atoms with Gasteiger partial charge in [0.1, 0.15) is 5.56 Å². The summed E-state index contributed by atoms with van der Waals surface area (Å²) in [6.07, 6.45) is 0. The van der Waals surface area contributed by atoms with E-state index < -0.39 is 0 Å². The number of hydrogen-bond acceptors (Lipinski definition) is 3. The Morgan fingerprint density at radius 3 is 2.43 bits per heavy atom. The second-order valence-corrected chi connectivity index (χ2v) is 6.14. The Kier molecular flexibility index (Phi) is 4.73. The number of nitrogens with zero attached hydrogens (tertiary/aromatic N) is 3. The van der Waals surface area contributed by atoms with E-state index in [1.54, 1.807) is 14.0 Å². The van der Waals surface area contributed by atoms with E-state index in [4.69, 9.17) is 0 Å². The minimum atomic E-state index is -0.337. The first kappa shape index (κ1) is 17.0. The van der Waals surface area contributed by atoms with Crippen LogP contribution < -0.4 is 10.9 Å². The first-order chi connectivity index (χ1) is 10.7. The third-order valence-corrected chi connectivity index (χ3v) is 4.11. The molecule has 2 aromatic heterocycles. The van der Waals surface area contributed by atoms with Gasteiger partial charge >= 0.3 is 0 Å². The lowest BCUT2D eigenvalue weighted by Crippen LogP contribution is -2.36. The number of rotatable bonds is 4. The molecule has 0 aliphatic heterocycles. The predicted octanol–water partition coefficient (Wildman–Crippen LogP) is 1.81. The lowest BCUT2D eigenvalue weighted by molar-refractivity contribution is 0.0945. The van der Waals surface area contributed by atoms with E-state index in [0.29, 0.717) is 12.1 Å². The highest BCUT2D eigenvalue weighted by atomic mass is 16.2. The quantitative estimate of drug-likeness (QED) is 0.935. The molecule has 0 unspecified atom stereocenters. The molecular weight excluding hydrogens is 292 g/mol. The second-order valence-electron chi connectivity index (χ2n) is 6.14. The topological polar surface area (TPSA) is 68.9 Å². The number of aromatic nitrogens is 3. The maximum absolute atomic E-state index is 12.4. The minimum absolute atomic E-state index is 0.0160. The summed E-state index contributed by atoms with van der Waals surface area (Å²) >= 11 is 0. The van der Waals surface area contributed by atoms with Crippen LogP contribution in [0.3, 0.4) is 0 Å². The average molecular weight is 316 g/mol. The molecule has 0 fully saturated rings. The van der Waals surface area contributed by atoms with Gasteiger partial charge < -0.3 is 9.88 Å². The average Bonchev–Trinajstić information content (AvgIpc) is 2.81. The van der Waals surface area contributed by atoms with Crippen molar-refractivity contribution in [3.63, 3.8) is 0 Å². The van der Waals surface area contributed by atoms with Crippen LogP contribution in [0.15, 0.2) is 16.9 Å². The lowest BCUT2D eigenvalue weighted by atomic mass is 10.1. The van der Waals surface area contributed by atoms with E-state index in [1.165, 1.54) is 4.57 Å². The van der Waals surface area contributed by atoms with Crippen molar-refractivity contribution in [3.8, 4) is 0 Å². The highest BCUT2D eigenvalue weighted by Crippen LogP contribution is 2.10. The first-order valence-electron chi connectivity index (χ1n) is 7.70. The van der Waals surface area contributed by atoms with Gasteiger partial charge in [-0.2, -0.15) is 5.10 Å². The van der Waals surface area contributed by atoms with Crippen LogP contribution in [0.5, 0.6) is 0 Å². The molecule has 23 heavy (non-hydrogen) atoms. The van der Waals surface area contributed by atoms with Crippen molar-refractivity contribution < 1.29 is 4.79 Å². The van der Waals surface area contributed by atoms with Gasteiger partial charge in [-0.15, -0.1) is 0 Å². The Morgan fingerprint density at radius 1 is 1.22 bits per heavy atom. The van der Waals surface area contributed by atoms with Gasteiger partial charge in [0.15, 0.2) is 0 Å². The fourth-order valence-electron chi connectivity index (χ4n) is 2.76. The molecule has 0 saturated heterocycles. The SMILES string of the molecule is Cc1cc(C)n([C@H](C)CNC(=O)c2c(C)cc(C)n(C)c2=O)n1. The highest BCUT2D eigenvalue weighted by molar-refractivity contribution is 5.95. The van der Waals surface area contributed by atoms with E-state index in [9.17, 15) is 9.59 Å². The molecule has 1 amide bonds. The number of carbonyl (C=O) groups is 1. The third-order valence-electron chi connectivity index (χ3n) is 4.11. The summed E-state index contributed by atoms with van der Waals surface area (Å²) in [6.45, 7) is 9.96.